The van der Waals surface area contributed by atoms with E-state index in [-0.39, 0.29) is 24.6 Å². The van der Waals surface area contributed by atoms with Crippen molar-refractivity contribution < 1.29 is 18.9 Å². The van der Waals surface area contributed by atoms with Crippen LogP contribution >= 0.6 is 0 Å². The molecule has 0 aromatic heterocycles. The Morgan fingerprint density at radius 1 is 1.15 bits per heavy atom. The van der Waals surface area contributed by atoms with E-state index < -0.39 is 5.79 Å². The molecule has 0 aromatic carbocycles. The van der Waals surface area contributed by atoms with Crippen molar-refractivity contribution in [3.63, 3.8) is 0 Å². The van der Waals surface area contributed by atoms with Crippen molar-refractivity contribution in [1.82, 2.24) is 0 Å². The van der Waals surface area contributed by atoms with Gasteiger partial charge in [0.25, 0.3) is 0 Å². The molecule has 2 fully saturated rings. The molecule has 0 N–H and O–H groups in total. The monoisotopic (exact) mass is 184 g/mol. The molecule has 4 atom stereocenters. The van der Waals surface area contributed by atoms with E-state index in [1.807, 2.05) is 19.9 Å². The van der Waals surface area contributed by atoms with Crippen LogP contribution in [0.15, 0.2) is 12.3 Å². The van der Waals surface area contributed by atoms with Crippen LogP contribution in [0.5, 0.6) is 0 Å². The van der Waals surface area contributed by atoms with Gasteiger partial charge >= 0.3 is 0 Å². The van der Waals surface area contributed by atoms with Crippen LogP contribution in [-0.4, -0.2) is 30.4 Å². The zero-order valence-electron chi connectivity index (χ0n) is 7.60. The van der Waals surface area contributed by atoms with Gasteiger partial charge < -0.3 is 18.9 Å². The summed E-state index contributed by atoms with van der Waals surface area (Å²) in [5, 5.41) is 0. The normalized spacial score (nSPS) is 50.3. The average Bonchev–Trinajstić information content (AvgIpc) is 2.58. The summed E-state index contributed by atoms with van der Waals surface area (Å²) in [6.07, 6.45) is 3.19. The van der Waals surface area contributed by atoms with Crippen molar-refractivity contribution in [2.45, 2.75) is 44.2 Å². The Morgan fingerprint density at radius 3 is 2.85 bits per heavy atom. The lowest BCUT2D eigenvalue weighted by Crippen LogP contribution is -2.32. The van der Waals surface area contributed by atoms with Gasteiger partial charge in [-0.1, -0.05) is 0 Å². The van der Waals surface area contributed by atoms with Gasteiger partial charge in [-0.05, 0) is 19.9 Å². The van der Waals surface area contributed by atoms with E-state index in [2.05, 4.69) is 0 Å². The maximum Gasteiger partial charge on any atom is 0.191 e. The third kappa shape index (κ3) is 1.03. The average molecular weight is 184 g/mol. The fourth-order valence-electron chi connectivity index (χ4n) is 2.03. The smallest absolute Gasteiger partial charge is 0.191 e. The fourth-order valence-corrected chi connectivity index (χ4v) is 2.03. The summed E-state index contributed by atoms with van der Waals surface area (Å²) in [6, 6.07) is 0. The van der Waals surface area contributed by atoms with Gasteiger partial charge in [-0.2, -0.15) is 0 Å². The van der Waals surface area contributed by atoms with Gasteiger partial charge in [0.15, 0.2) is 24.3 Å². The molecule has 0 amide bonds. The summed E-state index contributed by atoms with van der Waals surface area (Å²) in [5.41, 5.74) is 0. The quantitative estimate of drug-likeness (QED) is 0.557. The first-order chi connectivity index (χ1) is 6.16. The van der Waals surface area contributed by atoms with E-state index >= 15 is 0 Å². The van der Waals surface area contributed by atoms with Gasteiger partial charge in [-0.15, -0.1) is 0 Å². The minimum Gasteiger partial charge on any atom is -0.492 e. The van der Waals surface area contributed by atoms with Crippen LogP contribution in [0.25, 0.3) is 0 Å². The maximum atomic E-state index is 5.67. The summed E-state index contributed by atoms with van der Waals surface area (Å²) >= 11 is 0. The van der Waals surface area contributed by atoms with Gasteiger partial charge in [0.2, 0.25) is 0 Å². The largest absolute Gasteiger partial charge is 0.492 e. The summed E-state index contributed by atoms with van der Waals surface area (Å²) in [6.45, 7) is 3.76. The van der Waals surface area contributed by atoms with Gasteiger partial charge in [-0.3, -0.25) is 0 Å². The van der Waals surface area contributed by atoms with Crippen molar-refractivity contribution in [2.24, 2.45) is 0 Å². The second-order valence-corrected chi connectivity index (χ2v) is 4.00. The minimum absolute atomic E-state index is 0.00565. The highest BCUT2D eigenvalue weighted by Gasteiger charge is 2.56. The van der Waals surface area contributed by atoms with E-state index in [1.54, 1.807) is 6.26 Å². The minimum atomic E-state index is -0.549. The Labute approximate surface area is 76.4 Å². The zero-order chi connectivity index (χ0) is 9.05. The van der Waals surface area contributed by atoms with E-state index in [9.17, 15) is 0 Å². The van der Waals surface area contributed by atoms with E-state index in [0.29, 0.717) is 0 Å². The highest BCUT2D eigenvalue weighted by molar-refractivity contribution is 5.07. The molecule has 0 unspecified atom stereocenters. The maximum absolute atomic E-state index is 5.67. The highest BCUT2D eigenvalue weighted by atomic mass is 16.8. The van der Waals surface area contributed by atoms with E-state index in [1.165, 1.54) is 0 Å². The van der Waals surface area contributed by atoms with Crippen LogP contribution in [0.2, 0.25) is 0 Å². The van der Waals surface area contributed by atoms with E-state index in [4.69, 9.17) is 18.9 Å². The molecule has 3 aliphatic rings. The Balaban J connectivity index is 1.83. The summed E-state index contributed by atoms with van der Waals surface area (Å²) in [5.74, 6) is -0.549. The molecular formula is C9H12O4. The Bertz CT molecular complexity index is 260. The molecule has 0 bridgehead atoms. The van der Waals surface area contributed by atoms with Crippen molar-refractivity contribution in [2.75, 3.05) is 0 Å². The third-order valence-electron chi connectivity index (χ3n) is 2.53. The standard InChI is InChI=1S/C9H12O4/c1-9(2)12-7-6-5(3-4-10-6)11-8(7)13-9/h3-8H,1-2H3/t5-,6+,7-,8-/m1/s1. The first-order valence-corrected chi connectivity index (χ1v) is 4.49. The number of rotatable bonds is 0. The Hall–Kier alpha value is -0.580. The molecule has 0 spiro atoms. The predicted octanol–water partition coefficient (Wildman–Crippen LogP) is 0.775. The molecule has 0 saturated carbocycles. The molecule has 13 heavy (non-hydrogen) atoms. The number of hydrogen-bond donors (Lipinski definition) is 0. The number of fused-ring (bicyclic) bond motifs is 3. The molecule has 0 aliphatic carbocycles. The molecule has 4 nitrogen and oxygen atoms in total. The summed E-state index contributed by atoms with van der Waals surface area (Å²) in [4.78, 5) is 0. The van der Waals surface area contributed by atoms with Crippen LogP contribution in [0.1, 0.15) is 13.8 Å². The van der Waals surface area contributed by atoms with Crippen LogP contribution in [-0.2, 0) is 18.9 Å². The van der Waals surface area contributed by atoms with Gasteiger partial charge in [0, 0.05) is 0 Å². The molecule has 0 aromatic rings. The van der Waals surface area contributed by atoms with Crippen LogP contribution < -0.4 is 0 Å². The van der Waals surface area contributed by atoms with Gasteiger partial charge in [0.1, 0.15) is 6.10 Å². The van der Waals surface area contributed by atoms with Crippen molar-refractivity contribution in [3.8, 4) is 0 Å². The highest BCUT2D eigenvalue weighted by Crippen LogP contribution is 2.40. The lowest BCUT2D eigenvalue weighted by Gasteiger charge is -2.20. The summed E-state index contributed by atoms with van der Waals surface area (Å²) in [7, 11) is 0. The van der Waals surface area contributed by atoms with Crippen molar-refractivity contribution in [3.05, 3.63) is 12.3 Å². The molecular weight excluding hydrogens is 172 g/mol. The molecule has 2 saturated heterocycles. The molecule has 3 heterocycles. The first kappa shape index (κ1) is 7.79. The lowest BCUT2D eigenvalue weighted by atomic mass is 10.1. The SMILES string of the molecule is CC1(C)O[C@H]2O[C@@H]3C=CO[C@@H]3[C@H]2O1. The predicted molar refractivity (Wildman–Crippen MR) is 42.7 cm³/mol. The third-order valence-corrected chi connectivity index (χ3v) is 2.53. The fraction of sp³-hybridized carbons (Fsp3) is 0.778. The van der Waals surface area contributed by atoms with Gasteiger partial charge in [0.05, 0.1) is 6.26 Å². The second kappa shape index (κ2) is 2.26. The molecule has 4 heteroatoms. The van der Waals surface area contributed by atoms with Gasteiger partial charge in [-0.25, -0.2) is 0 Å². The molecule has 3 aliphatic heterocycles. The van der Waals surface area contributed by atoms with Crippen molar-refractivity contribution >= 4 is 0 Å². The van der Waals surface area contributed by atoms with Crippen LogP contribution in [0.4, 0.5) is 0 Å². The molecule has 3 rings (SSSR count). The lowest BCUT2D eigenvalue weighted by molar-refractivity contribution is -0.206. The van der Waals surface area contributed by atoms with Crippen molar-refractivity contribution in [1.29, 1.82) is 0 Å². The zero-order valence-corrected chi connectivity index (χ0v) is 7.60. The topological polar surface area (TPSA) is 36.9 Å². The number of hydrogen-bond acceptors (Lipinski definition) is 4. The molecule has 0 radical (unpaired) electrons. The van der Waals surface area contributed by atoms with Crippen LogP contribution in [0.3, 0.4) is 0 Å². The summed E-state index contributed by atoms with van der Waals surface area (Å²) < 4.78 is 22.2. The molecule has 72 valence electrons. The second-order valence-electron chi connectivity index (χ2n) is 4.00. The Kier molecular flexibility index (Phi) is 1.35. The number of ether oxygens (including phenoxy) is 4. The Morgan fingerprint density at radius 2 is 2.00 bits per heavy atom. The van der Waals surface area contributed by atoms with Crippen LogP contribution in [0, 0.1) is 0 Å². The van der Waals surface area contributed by atoms with E-state index in [0.717, 1.165) is 0 Å². The first-order valence-electron chi connectivity index (χ1n) is 4.49.